The third-order valence-electron chi connectivity index (χ3n) is 4.69. The zero-order valence-corrected chi connectivity index (χ0v) is 22.1. The number of hydrogen-bond acceptors (Lipinski definition) is 10. The van der Waals surface area contributed by atoms with Crippen molar-refractivity contribution in [2.45, 2.75) is 45.4 Å². The minimum atomic E-state index is -0.400. The Bertz CT molecular complexity index is 412. The van der Waals surface area contributed by atoms with Crippen LogP contribution in [0.5, 0.6) is 0 Å². The summed E-state index contributed by atoms with van der Waals surface area (Å²) < 4.78 is 47.6. The van der Waals surface area contributed by atoms with Gasteiger partial charge in [0, 0.05) is 6.61 Å². The molecule has 0 aromatic heterocycles. The molecule has 0 atom stereocenters. The fourth-order valence-electron chi connectivity index (χ4n) is 2.74. The van der Waals surface area contributed by atoms with Gasteiger partial charge in [0.1, 0.15) is 6.61 Å². The van der Waals surface area contributed by atoms with Gasteiger partial charge in [-0.1, -0.05) is 39.0 Å². The van der Waals surface area contributed by atoms with E-state index in [9.17, 15) is 4.79 Å². The van der Waals surface area contributed by atoms with Crippen LogP contribution in [-0.4, -0.2) is 119 Å². The van der Waals surface area contributed by atoms with E-state index in [1.807, 2.05) is 0 Å². The molecule has 210 valence electrons. The summed E-state index contributed by atoms with van der Waals surface area (Å²) in [6, 6.07) is 0. The summed E-state index contributed by atoms with van der Waals surface area (Å²) in [7, 11) is 1.32. The van der Waals surface area contributed by atoms with E-state index in [2.05, 4.69) is 11.7 Å². The van der Waals surface area contributed by atoms with Gasteiger partial charge in [0.2, 0.25) is 0 Å². The summed E-state index contributed by atoms with van der Waals surface area (Å²) in [6.45, 7) is 10.1. The van der Waals surface area contributed by atoms with E-state index >= 15 is 0 Å². The fraction of sp³-hybridized carbons (Fsp3) is 0.960. The standard InChI is InChI=1S/C25H50O10/c1-3-4-5-6-7-8-9-28-10-11-29-12-13-30-14-15-31-16-17-32-18-19-33-20-21-34-22-23-35-24-25(26)27-2/h3-24H2,1-2H3. The number of methoxy groups -OCH3 is 1. The van der Waals surface area contributed by atoms with Crippen LogP contribution in [0.2, 0.25) is 0 Å². The molecule has 0 N–H and O–H groups in total. The van der Waals surface area contributed by atoms with Crippen molar-refractivity contribution >= 4 is 5.97 Å². The molecule has 0 aliphatic rings. The highest BCUT2D eigenvalue weighted by molar-refractivity contribution is 5.70. The van der Waals surface area contributed by atoms with Gasteiger partial charge in [-0.05, 0) is 6.42 Å². The van der Waals surface area contributed by atoms with E-state index in [0.717, 1.165) is 13.0 Å². The number of carbonyl (C=O) groups excluding carboxylic acids is 1. The van der Waals surface area contributed by atoms with E-state index < -0.39 is 5.97 Å². The molecule has 0 bridgehead atoms. The molecule has 0 amide bonds. The van der Waals surface area contributed by atoms with Crippen molar-refractivity contribution in [1.82, 2.24) is 0 Å². The van der Waals surface area contributed by atoms with Crippen molar-refractivity contribution in [1.29, 1.82) is 0 Å². The second-order valence-corrected chi connectivity index (χ2v) is 7.68. The van der Waals surface area contributed by atoms with Gasteiger partial charge < -0.3 is 42.6 Å². The molecule has 0 aliphatic carbocycles. The van der Waals surface area contributed by atoms with Gasteiger partial charge in [-0.3, -0.25) is 0 Å². The maximum absolute atomic E-state index is 10.8. The first kappa shape index (κ1) is 34.1. The summed E-state index contributed by atoms with van der Waals surface area (Å²) in [4.78, 5) is 10.8. The van der Waals surface area contributed by atoms with Gasteiger partial charge in [0.15, 0.2) is 0 Å². The Hall–Kier alpha value is -0.850. The average Bonchev–Trinajstić information content (AvgIpc) is 2.87. The van der Waals surface area contributed by atoms with Gasteiger partial charge in [-0.25, -0.2) is 4.79 Å². The molecule has 0 aliphatic heterocycles. The summed E-state index contributed by atoms with van der Waals surface area (Å²) in [5.74, 6) is -0.400. The number of esters is 1. The van der Waals surface area contributed by atoms with Crippen molar-refractivity contribution in [3.8, 4) is 0 Å². The summed E-state index contributed by atoms with van der Waals surface area (Å²) in [5.41, 5.74) is 0. The van der Waals surface area contributed by atoms with Crippen molar-refractivity contribution < 1.29 is 47.4 Å². The number of carbonyl (C=O) groups is 1. The Morgan fingerprint density at radius 1 is 0.429 bits per heavy atom. The summed E-state index contributed by atoms with van der Waals surface area (Å²) >= 11 is 0. The average molecular weight is 511 g/mol. The Morgan fingerprint density at radius 3 is 1.11 bits per heavy atom. The van der Waals surface area contributed by atoms with Crippen LogP contribution in [0.15, 0.2) is 0 Å². The maximum atomic E-state index is 10.8. The van der Waals surface area contributed by atoms with Gasteiger partial charge in [-0.15, -0.1) is 0 Å². The second-order valence-electron chi connectivity index (χ2n) is 7.68. The highest BCUT2D eigenvalue weighted by Crippen LogP contribution is 2.04. The molecule has 10 nitrogen and oxygen atoms in total. The lowest BCUT2D eigenvalue weighted by atomic mass is 10.1. The lowest BCUT2D eigenvalue weighted by molar-refractivity contribution is -0.146. The molecule has 0 spiro atoms. The van der Waals surface area contributed by atoms with Crippen LogP contribution in [0.1, 0.15) is 45.4 Å². The Morgan fingerprint density at radius 2 is 0.743 bits per heavy atom. The Kier molecular flexibility index (Phi) is 30.4. The van der Waals surface area contributed by atoms with Crippen LogP contribution in [-0.2, 0) is 47.4 Å². The predicted molar refractivity (Wildman–Crippen MR) is 132 cm³/mol. The molecular weight excluding hydrogens is 460 g/mol. The molecule has 0 unspecified atom stereocenters. The Balaban J connectivity index is 3.02. The van der Waals surface area contributed by atoms with Crippen molar-refractivity contribution in [2.75, 3.05) is 113 Å². The highest BCUT2D eigenvalue weighted by atomic mass is 16.6. The number of ether oxygens (including phenoxy) is 9. The normalized spacial score (nSPS) is 11.3. The third kappa shape index (κ3) is 31.1. The van der Waals surface area contributed by atoms with E-state index in [1.165, 1.54) is 39.2 Å². The molecule has 0 aromatic rings. The zero-order chi connectivity index (χ0) is 25.5. The molecule has 0 fully saturated rings. The summed E-state index contributed by atoms with van der Waals surface area (Å²) in [5, 5.41) is 0. The fourth-order valence-corrected chi connectivity index (χ4v) is 2.74. The van der Waals surface area contributed by atoms with Gasteiger partial charge in [0.05, 0.1) is 99.6 Å². The summed E-state index contributed by atoms with van der Waals surface area (Å²) in [6.07, 6.45) is 7.68. The highest BCUT2D eigenvalue weighted by Gasteiger charge is 1.99. The largest absolute Gasteiger partial charge is 0.467 e. The quantitative estimate of drug-likeness (QED) is 0.106. The molecule has 0 aromatic carbocycles. The smallest absolute Gasteiger partial charge is 0.331 e. The van der Waals surface area contributed by atoms with Crippen LogP contribution in [0.3, 0.4) is 0 Å². The molecule has 10 heteroatoms. The first-order valence-corrected chi connectivity index (χ1v) is 13.0. The number of hydrogen-bond donors (Lipinski definition) is 0. The van der Waals surface area contributed by atoms with Crippen LogP contribution in [0.4, 0.5) is 0 Å². The maximum Gasteiger partial charge on any atom is 0.331 e. The Labute approximate surface area is 212 Å². The molecule has 0 saturated heterocycles. The molecule has 0 rings (SSSR count). The van der Waals surface area contributed by atoms with Crippen LogP contribution >= 0.6 is 0 Å². The van der Waals surface area contributed by atoms with E-state index in [0.29, 0.717) is 92.5 Å². The monoisotopic (exact) mass is 510 g/mol. The zero-order valence-electron chi connectivity index (χ0n) is 22.1. The molecule has 0 heterocycles. The van der Waals surface area contributed by atoms with Gasteiger partial charge in [0.25, 0.3) is 0 Å². The van der Waals surface area contributed by atoms with Gasteiger partial charge >= 0.3 is 5.97 Å². The second kappa shape index (κ2) is 31.2. The predicted octanol–water partition coefficient (Wildman–Crippen LogP) is 2.65. The lowest BCUT2D eigenvalue weighted by Crippen LogP contribution is -2.16. The SMILES string of the molecule is CCCCCCCCOCCOCCOCCOCCOCCOCCOCCOCC(=O)OC. The van der Waals surface area contributed by atoms with Crippen LogP contribution in [0, 0.1) is 0 Å². The first-order chi connectivity index (χ1) is 17.3. The topological polar surface area (TPSA) is 100 Å². The van der Waals surface area contributed by atoms with E-state index in [-0.39, 0.29) is 6.61 Å². The molecule has 0 saturated carbocycles. The lowest BCUT2D eigenvalue weighted by Gasteiger charge is -2.08. The molecule has 35 heavy (non-hydrogen) atoms. The van der Waals surface area contributed by atoms with Crippen molar-refractivity contribution in [2.24, 2.45) is 0 Å². The number of unbranched alkanes of at least 4 members (excludes halogenated alkanes) is 5. The van der Waals surface area contributed by atoms with Crippen LogP contribution in [0.25, 0.3) is 0 Å². The van der Waals surface area contributed by atoms with Crippen molar-refractivity contribution in [3.63, 3.8) is 0 Å². The van der Waals surface area contributed by atoms with Crippen molar-refractivity contribution in [3.05, 3.63) is 0 Å². The first-order valence-electron chi connectivity index (χ1n) is 13.0. The van der Waals surface area contributed by atoms with Gasteiger partial charge in [-0.2, -0.15) is 0 Å². The minimum Gasteiger partial charge on any atom is -0.467 e. The molecule has 0 radical (unpaired) electrons. The third-order valence-corrected chi connectivity index (χ3v) is 4.69. The molecular formula is C25H50O10. The minimum absolute atomic E-state index is 0.0605. The van der Waals surface area contributed by atoms with E-state index in [1.54, 1.807) is 0 Å². The number of rotatable bonds is 30. The van der Waals surface area contributed by atoms with Crippen LogP contribution < -0.4 is 0 Å². The van der Waals surface area contributed by atoms with E-state index in [4.69, 9.17) is 37.9 Å².